The van der Waals surface area contributed by atoms with E-state index in [4.69, 9.17) is 14.3 Å². The third-order valence-electron chi connectivity index (χ3n) is 3.97. The average Bonchev–Trinajstić information content (AvgIpc) is 2.76. The highest BCUT2D eigenvalue weighted by Crippen LogP contribution is 2.23. The van der Waals surface area contributed by atoms with Gasteiger partial charge in [0.15, 0.2) is 0 Å². The van der Waals surface area contributed by atoms with Crippen LogP contribution in [0.5, 0.6) is 0 Å². The summed E-state index contributed by atoms with van der Waals surface area (Å²) in [6, 6.07) is 14.8. The molecule has 2 aromatic carbocycles. The number of hydrogen-bond donors (Lipinski definition) is 1. The first kappa shape index (κ1) is 25.2. The molecule has 0 fully saturated rings. The fraction of sp³-hybridized carbons (Fsp3) is 0.400. The number of nitrogens with one attached hydrogen (secondary N) is 1. The largest absolute Gasteiger partial charge is 0.383 e. The third kappa shape index (κ3) is 8.94. The molecule has 0 aliphatic rings. The first-order chi connectivity index (χ1) is 14.5. The van der Waals surface area contributed by atoms with Crippen LogP contribution in [0.2, 0.25) is 0 Å². The third-order valence-corrected chi connectivity index (χ3v) is 6.95. The lowest BCUT2D eigenvalue weighted by molar-refractivity contribution is 0.0833. The second-order valence-electron chi connectivity index (χ2n) is 6.22. The Balaban J connectivity index is 1.83. The Bertz CT molecular complexity index is 812. The summed E-state index contributed by atoms with van der Waals surface area (Å²) in [7, 11) is 0.713. The molecular formula is C20H28N2O5S3. The van der Waals surface area contributed by atoms with Gasteiger partial charge in [0.1, 0.15) is 11.0 Å². The van der Waals surface area contributed by atoms with Crippen LogP contribution in [0.25, 0.3) is 0 Å². The summed E-state index contributed by atoms with van der Waals surface area (Å²) in [5.74, 6) is 0. The van der Waals surface area contributed by atoms with E-state index in [1.807, 2.05) is 24.3 Å². The minimum absolute atomic E-state index is 0.271. The van der Waals surface area contributed by atoms with Gasteiger partial charge in [0.25, 0.3) is 0 Å². The molecular weight excluding hydrogens is 444 g/mol. The molecule has 1 N–H and O–H groups in total. The zero-order valence-corrected chi connectivity index (χ0v) is 19.8. The van der Waals surface area contributed by atoms with Crippen LogP contribution >= 0.6 is 11.9 Å². The second-order valence-corrected chi connectivity index (χ2v) is 9.95. The van der Waals surface area contributed by atoms with Crippen molar-refractivity contribution in [1.82, 2.24) is 9.19 Å². The molecule has 2 unspecified atom stereocenters. The summed E-state index contributed by atoms with van der Waals surface area (Å²) >= 11 is 1.65. The molecule has 0 aliphatic heterocycles. The first-order valence-electron chi connectivity index (χ1n) is 9.26. The monoisotopic (exact) mass is 472 g/mol. The topological polar surface area (TPSA) is 77.1 Å². The Morgan fingerprint density at radius 1 is 0.967 bits per heavy atom. The molecule has 0 saturated carbocycles. The van der Waals surface area contributed by atoms with Crippen molar-refractivity contribution in [3.05, 3.63) is 54.1 Å². The van der Waals surface area contributed by atoms with Crippen molar-refractivity contribution in [2.45, 2.75) is 21.3 Å². The van der Waals surface area contributed by atoms with Crippen molar-refractivity contribution in [1.29, 1.82) is 0 Å². The molecule has 10 heteroatoms. The Kier molecular flexibility index (Phi) is 11.8. The maximum absolute atomic E-state index is 12.3. The van der Waals surface area contributed by atoms with E-state index < -0.39 is 21.8 Å². The molecule has 0 amide bonds. The second kappa shape index (κ2) is 14.0. The van der Waals surface area contributed by atoms with Crippen LogP contribution in [0, 0.1) is 0 Å². The van der Waals surface area contributed by atoms with E-state index in [-0.39, 0.29) is 6.61 Å². The minimum atomic E-state index is -1.54. The molecule has 0 heterocycles. The Morgan fingerprint density at radius 3 is 2.20 bits per heavy atom. The van der Waals surface area contributed by atoms with Crippen LogP contribution in [0.15, 0.2) is 63.2 Å². The predicted molar refractivity (Wildman–Crippen MR) is 121 cm³/mol. The smallest absolute Gasteiger partial charge is 0.148 e. The van der Waals surface area contributed by atoms with Crippen molar-refractivity contribution in [3.8, 4) is 0 Å². The highest BCUT2D eigenvalue weighted by molar-refractivity contribution is 7.97. The lowest BCUT2D eigenvalue weighted by atomic mass is 10.2. The van der Waals surface area contributed by atoms with Crippen LogP contribution < -0.4 is 4.89 Å². The maximum Gasteiger partial charge on any atom is 0.148 e. The molecule has 0 bridgehead atoms. The number of nitrogens with zero attached hydrogens (tertiary/aromatic N) is 1. The zero-order chi connectivity index (χ0) is 21.8. The molecule has 0 aliphatic carbocycles. The quantitative estimate of drug-likeness (QED) is 0.335. The zero-order valence-electron chi connectivity index (χ0n) is 17.4. The van der Waals surface area contributed by atoms with Gasteiger partial charge in [-0.15, -0.1) is 4.89 Å². The molecule has 166 valence electrons. The number of ether oxygens (including phenoxy) is 2. The summed E-state index contributed by atoms with van der Waals surface area (Å²) in [4.78, 5) is 10.2. The fourth-order valence-corrected chi connectivity index (χ4v) is 4.59. The molecule has 30 heavy (non-hydrogen) atoms. The normalized spacial score (nSPS) is 13.5. The van der Waals surface area contributed by atoms with E-state index in [1.54, 1.807) is 56.7 Å². The molecule has 2 aromatic rings. The van der Waals surface area contributed by atoms with Crippen molar-refractivity contribution in [3.63, 3.8) is 0 Å². The molecule has 7 nitrogen and oxygen atoms in total. The van der Waals surface area contributed by atoms with Gasteiger partial charge in [-0.25, -0.2) is 8.51 Å². The van der Waals surface area contributed by atoms with Gasteiger partial charge >= 0.3 is 0 Å². The molecule has 0 spiro atoms. The van der Waals surface area contributed by atoms with Crippen LogP contribution in [0.3, 0.4) is 0 Å². The highest BCUT2D eigenvalue weighted by atomic mass is 32.2. The number of benzene rings is 2. The van der Waals surface area contributed by atoms with Gasteiger partial charge in [0.2, 0.25) is 0 Å². The van der Waals surface area contributed by atoms with E-state index in [9.17, 15) is 8.42 Å². The van der Waals surface area contributed by atoms with E-state index >= 15 is 0 Å². The standard InChI is InChI=1S/C20H28N2O5S3/c1-25-13-11-22(12-14-26-2)28-18-9-7-17(8-10-18)16-27-21-30(24)20-6-4-5-19(15-20)29(3)23/h4-10,15,21H,11-14,16H2,1-3H3. The highest BCUT2D eigenvalue weighted by Gasteiger charge is 2.08. The van der Waals surface area contributed by atoms with E-state index in [0.717, 1.165) is 23.5 Å². The van der Waals surface area contributed by atoms with Crippen molar-refractivity contribution in [2.24, 2.45) is 0 Å². The lowest BCUT2D eigenvalue weighted by Crippen LogP contribution is -2.24. The van der Waals surface area contributed by atoms with Crippen LogP contribution in [0.1, 0.15) is 5.56 Å². The van der Waals surface area contributed by atoms with Gasteiger partial charge in [-0.1, -0.05) is 18.2 Å². The lowest BCUT2D eigenvalue weighted by Gasteiger charge is -2.20. The van der Waals surface area contributed by atoms with E-state index in [1.165, 1.54) is 0 Å². The summed E-state index contributed by atoms with van der Waals surface area (Å²) in [5, 5.41) is 0. The maximum atomic E-state index is 12.3. The summed E-state index contributed by atoms with van der Waals surface area (Å²) < 4.78 is 36.4. The Morgan fingerprint density at radius 2 is 1.60 bits per heavy atom. The van der Waals surface area contributed by atoms with Crippen molar-refractivity contribution < 1.29 is 22.7 Å². The van der Waals surface area contributed by atoms with Gasteiger partial charge < -0.3 is 9.47 Å². The summed E-state index contributed by atoms with van der Waals surface area (Å²) in [5.41, 5.74) is 0.951. The van der Waals surface area contributed by atoms with Gasteiger partial charge in [-0.2, -0.15) is 0 Å². The van der Waals surface area contributed by atoms with Crippen LogP contribution in [-0.2, 0) is 42.7 Å². The SMILES string of the molecule is COCCN(CCOC)Sc1ccc(CONS(=O)c2cccc(S(C)=O)c2)cc1. The Labute approximate surface area is 187 Å². The van der Waals surface area contributed by atoms with Crippen LogP contribution in [0.4, 0.5) is 0 Å². The first-order valence-corrected chi connectivity index (χ1v) is 12.7. The fourth-order valence-electron chi connectivity index (χ4n) is 2.37. The van der Waals surface area contributed by atoms with E-state index in [0.29, 0.717) is 23.0 Å². The number of hydrogen-bond acceptors (Lipinski definition) is 7. The molecule has 0 aromatic heterocycles. The van der Waals surface area contributed by atoms with Gasteiger partial charge in [0, 0.05) is 54.2 Å². The van der Waals surface area contributed by atoms with Gasteiger partial charge in [-0.05, 0) is 47.8 Å². The van der Waals surface area contributed by atoms with Crippen LogP contribution in [-0.4, -0.2) is 59.5 Å². The summed E-state index contributed by atoms with van der Waals surface area (Å²) in [6.45, 7) is 3.19. The van der Waals surface area contributed by atoms with E-state index in [2.05, 4.69) is 9.19 Å². The summed E-state index contributed by atoms with van der Waals surface area (Å²) in [6.07, 6.45) is 1.59. The molecule has 2 rings (SSSR count). The average molecular weight is 473 g/mol. The van der Waals surface area contributed by atoms with Gasteiger partial charge in [-0.3, -0.25) is 9.05 Å². The predicted octanol–water partition coefficient (Wildman–Crippen LogP) is 2.77. The minimum Gasteiger partial charge on any atom is -0.383 e. The molecule has 2 atom stereocenters. The Hall–Kier alpha value is -1.11. The van der Waals surface area contributed by atoms with Crippen molar-refractivity contribution in [2.75, 3.05) is 46.8 Å². The molecule has 0 radical (unpaired) electrons. The number of methoxy groups -OCH3 is 2. The molecule has 0 saturated heterocycles. The number of rotatable bonds is 14. The van der Waals surface area contributed by atoms with Gasteiger partial charge in [0.05, 0.1) is 24.7 Å². The van der Waals surface area contributed by atoms with Crippen molar-refractivity contribution >= 4 is 33.7 Å².